The summed E-state index contributed by atoms with van der Waals surface area (Å²) in [6.45, 7) is 10.5. The molecule has 1 nitrogen and oxygen atoms in total. The minimum absolute atomic E-state index is 0.822. The fourth-order valence-electron chi connectivity index (χ4n) is 1.98. The number of hydrogen-bond donors (Lipinski definition) is 0. The highest BCUT2D eigenvalue weighted by Gasteiger charge is 2.13. The van der Waals surface area contributed by atoms with E-state index in [-0.39, 0.29) is 0 Å². The normalized spacial score (nSPS) is 13.9. The molecular formula is C13H29N. The predicted octanol–water partition coefficient (Wildman–Crippen LogP) is 3.93. The van der Waals surface area contributed by atoms with Crippen LogP contribution in [0.4, 0.5) is 0 Å². The van der Waals surface area contributed by atoms with Crippen molar-refractivity contribution in [2.45, 2.75) is 65.8 Å². The van der Waals surface area contributed by atoms with Gasteiger partial charge in [-0.2, -0.15) is 0 Å². The molecular weight excluding hydrogens is 170 g/mol. The Morgan fingerprint density at radius 1 is 0.929 bits per heavy atom. The van der Waals surface area contributed by atoms with E-state index in [1.165, 1.54) is 38.6 Å². The summed E-state index contributed by atoms with van der Waals surface area (Å²) < 4.78 is 0. The summed E-state index contributed by atoms with van der Waals surface area (Å²) in [5.41, 5.74) is 0. The van der Waals surface area contributed by atoms with E-state index >= 15 is 0 Å². The Balaban J connectivity index is 3.86. The molecule has 0 aromatic rings. The van der Waals surface area contributed by atoms with Crippen molar-refractivity contribution in [3.05, 3.63) is 0 Å². The molecule has 86 valence electrons. The predicted molar refractivity (Wildman–Crippen MR) is 65.7 cm³/mol. The smallest absolute Gasteiger partial charge is 0.00922 e. The molecule has 0 aromatic heterocycles. The van der Waals surface area contributed by atoms with Crippen LogP contribution in [0.15, 0.2) is 0 Å². The van der Waals surface area contributed by atoms with Crippen LogP contribution in [0.5, 0.6) is 0 Å². The zero-order valence-corrected chi connectivity index (χ0v) is 10.8. The summed E-state index contributed by atoms with van der Waals surface area (Å²) in [5.74, 6) is 0.851. The van der Waals surface area contributed by atoms with Gasteiger partial charge in [0.25, 0.3) is 0 Å². The van der Waals surface area contributed by atoms with Crippen LogP contribution in [0.1, 0.15) is 59.8 Å². The van der Waals surface area contributed by atoms with Gasteiger partial charge in [-0.1, -0.05) is 34.1 Å². The van der Waals surface area contributed by atoms with Crippen LogP contribution in [0.3, 0.4) is 0 Å². The van der Waals surface area contributed by atoms with E-state index in [1.807, 2.05) is 0 Å². The van der Waals surface area contributed by atoms with Crippen molar-refractivity contribution in [2.24, 2.45) is 5.92 Å². The molecule has 1 atom stereocenters. The zero-order chi connectivity index (χ0) is 11.0. The third-order valence-electron chi connectivity index (χ3n) is 2.90. The highest BCUT2D eigenvalue weighted by molar-refractivity contribution is 4.68. The highest BCUT2D eigenvalue weighted by atomic mass is 15.1. The monoisotopic (exact) mass is 199 g/mol. The quantitative estimate of drug-likeness (QED) is 0.572. The van der Waals surface area contributed by atoms with Gasteiger partial charge in [-0.25, -0.2) is 0 Å². The van der Waals surface area contributed by atoms with Crippen molar-refractivity contribution < 1.29 is 0 Å². The van der Waals surface area contributed by atoms with E-state index in [0.717, 1.165) is 12.0 Å². The van der Waals surface area contributed by atoms with E-state index in [4.69, 9.17) is 0 Å². The topological polar surface area (TPSA) is 3.24 Å². The lowest BCUT2D eigenvalue weighted by Crippen LogP contribution is -2.32. The summed E-state index contributed by atoms with van der Waals surface area (Å²) in [6, 6.07) is 0.822. The van der Waals surface area contributed by atoms with E-state index in [9.17, 15) is 0 Å². The maximum absolute atomic E-state index is 2.55. The molecule has 0 N–H and O–H groups in total. The molecule has 0 radical (unpaired) electrons. The number of hydrogen-bond acceptors (Lipinski definition) is 1. The van der Waals surface area contributed by atoms with Crippen LogP contribution >= 0.6 is 0 Å². The third-order valence-corrected chi connectivity index (χ3v) is 2.90. The van der Waals surface area contributed by atoms with Crippen molar-refractivity contribution in [3.8, 4) is 0 Å². The number of rotatable bonds is 8. The average Bonchev–Trinajstić information content (AvgIpc) is 2.12. The molecule has 0 aliphatic rings. The van der Waals surface area contributed by atoms with Gasteiger partial charge in [0.1, 0.15) is 0 Å². The highest BCUT2D eigenvalue weighted by Crippen LogP contribution is 2.15. The van der Waals surface area contributed by atoms with Gasteiger partial charge in [0.15, 0.2) is 0 Å². The molecule has 0 aromatic carbocycles. The van der Waals surface area contributed by atoms with Gasteiger partial charge in [0.05, 0.1) is 0 Å². The third kappa shape index (κ3) is 6.42. The number of nitrogens with zero attached hydrogens (tertiary/aromatic N) is 1. The Labute approximate surface area is 90.9 Å². The second-order valence-corrected chi connectivity index (χ2v) is 4.89. The molecule has 1 heteroatoms. The first-order chi connectivity index (χ1) is 6.61. The Bertz CT molecular complexity index is 120. The summed E-state index contributed by atoms with van der Waals surface area (Å²) in [5, 5.41) is 0. The molecule has 0 saturated heterocycles. The van der Waals surface area contributed by atoms with E-state index < -0.39 is 0 Å². The first-order valence-corrected chi connectivity index (χ1v) is 6.32. The Kier molecular flexibility index (Phi) is 8.26. The zero-order valence-electron chi connectivity index (χ0n) is 10.8. The van der Waals surface area contributed by atoms with Crippen molar-refractivity contribution in [2.75, 3.05) is 13.6 Å². The molecule has 0 rings (SSSR count). The summed E-state index contributed by atoms with van der Waals surface area (Å²) in [6.07, 6.45) is 6.71. The van der Waals surface area contributed by atoms with Crippen LogP contribution in [0.2, 0.25) is 0 Å². The first kappa shape index (κ1) is 14.0. The average molecular weight is 199 g/mol. The molecule has 0 aliphatic heterocycles. The van der Waals surface area contributed by atoms with Gasteiger partial charge in [0, 0.05) is 6.04 Å². The van der Waals surface area contributed by atoms with Crippen LogP contribution in [-0.2, 0) is 0 Å². The van der Waals surface area contributed by atoms with Crippen molar-refractivity contribution in [1.29, 1.82) is 0 Å². The Hall–Kier alpha value is -0.0400. The summed E-state index contributed by atoms with van der Waals surface area (Å²) in [4.78, 5) is 2.55. The van der Waals surface area contributed by atoms with Crippen LogP contribution in [0, 0.1) is 5.92 Å². The van der Waals surface area contributed by atoms with Crippen LogP contribution < -0.4 is 0 Å². The molecule has 0 amide bonds. The minimum atomic E-state index is 0.822. The van der Waals surface area contributed by atoms with E-state index in [2.05, 4.69) is 39.6 Å². The molecule has 0 saturated carbocycles. The lowest BCUT2D eigenvalue weighted by Gasteiger charge is -2.28. The molecule has 0 spiro atoms. The van der Waals surface area contributed by atoms with Crippen LogP contribution in [-0.4, -0.2) is 24.5 Å². The van der Waals surface area contributed by atoms with Crippen LogP contribution in [0.25, 0.3) is 0 Å². The lowest BCUT2D eigenvalue weighted by atomic mass is 9.99. The Morgan fingerprint density at radius 3 is 2.00 bits per heavy atom. The minimum Gasteiger partial charge on any atom is -0.303 e. The molecule has 1 unspecified atom stereocenters. The van der Waals surface area contributed by atoms with E-state index in [1.54, 1.807) is 0 Å². The fraction of sp³-hybridized carbons (Fsp3) is 1.00. The second kappa shape index (κ2) is 8.28. The van der Waals surface area contributed by atoms with E-state index in [0.29, 0.717) is 0 Å². The molecule has 14 heavy (non-hydrogen) atoms. The van der Waals surface area contributed by atoms with Crippen molar-refractivity contribution in [1.82, 2.24) is 4.90 Å². The van der Waals surface area contributed by atoms with Gasteiger partial charge in [-0.3, -0.25) is 0 Å². The molecule has 0 bridgehead atoms. The standard InChI is InChI=1S/C13H29N/c1-6-8-13(10-9-12(3)4)14(5)11-7-2/h12-13H,6-11H2,1-5H3. The lowest BCUT2D eigenvalue weighted by molar-refractivity contribution is 0.209. The van der Waals surface area contributed by atoms with Crippen molar-refractivity contribution in [3.63, 3.8) is 0 Å². The SMILES string of the molecule is CCCC(CCC(C)C)N(C)CCC. The largest absolute Gasteiger partial charge is 0.303 e. The first-order valence-electron chi connectivity index (χ1n) is 6.32. The second-order valence-electron chi connectivity index (χ2n) is 4.89. The summed E-state index contributed by atoms with van der Waals surface area (Å²) in [7, 11) is 2.28. The summed E-state index contributed by atoms with van der Waals surface area (Å²) >= 11 is 0. The molecule has 0 fully saturated rings. The van der Waals surface area contributed by atoms with Crippen molar-refractivity contribution >= 4 is 0 Å². The fourth-order valence-corrected chi connectivity index (χ4v) is 1.98. The van der Waals surface area contributed by atoms with Gasteiger partial charge in [0.2, 0.25) is 0 Å². The van der Waals surface area contributed by atoms with Gasteiger partial charge < -0.3 is 4.90 Å². The Morgan fingerprint density at radius 2 is 1.57 bits per heavy atom. The maximum Gasteiger partial charge on any atom is 0.00922 e. The van der Waals surface area contributed by atoms with Gasteiger partial charge in [-0.05, 0) is 45.2 Å². The van der Waals surface area contributed by atoms with Gasteiger partial charge >= 0.3 is 0 Å². The van der Waals surface area contributed by atoms with Gasteiger partial charge in [-0.15, -0.1) is 0 Å². The molecule has 0 aliphatic carbocycles. The maximum atomic E-state index is 2.55. The molecule has 0 heterocycles.